The van der Waals surface area contributed by atoms with Crippen LogP contribution in [0.3, 0.4) is 0 Å². The molecule has 1 aromatic rings. The van der Waals surface area contributed by atoms with Gasteiger partial charge in [-0.15, -0.1) is 6.58 Å². The van der Waals surface area contributed by atoms with Gasteiger partial charge in [-0.25, -0.2) is 0 Å². The molecule has 110 valence electrons. The quantitative estimate of drug-likeness (QED) is 0.326. The number of hydrogen-bond acceptors (Lipinski definition) is 4. The summed E-state index contributed by atoms with van der Waals surface area (Å²) in [6.45, 7) is 9.84. The van der Waals surface area contributed by atoms with Gasteiger partial charge in [0.25, 0.3) is 0 Å². The fraction of sp³-hybridized carbons (Fsp3) is 0.467. The SMILES string of the molecule is C=CCCOc1cc(CNCC(C)C)ccc1[N+](=O)[O-]. The first-order valence-electron chi connectivity index (χ1n) is 6.76. The van der Waals surface area contributed by atoms with Crippen LogP contribution in [0.15, 0.2) is 30.9 Å². The van der Waals surface area contributed by atoms with E-state index in [-0.39, 0.29) is 5.69 Å². The minimum Gasteiger partial charge on any atom is -0.486 e. The van der Waals surface area contributed by atoms with Crippen molar-refractivity contribution in [3.8, 4) is 5.75 Å². The lowest BCUT2D eigenvalue weighted by atomic mass is 10.1. The maximum atomic E-state index is 11.0. The Hall–Kier alpha value is -1.88. The molecule has 1 aromatic carbocycles. The van der Waals surface area contributed by atoms with Crippen LogP contribution in [0.5, 0.6) is 5.75 Å². The summed E-state index contributed by atoms with van der Waals surface area (Å²) < 4.78 is 5.47. The summed E-state index contributed by atoms with van der Waals surface area (Å²) in [6.07, 6.45) is 2.38. The third-order valence-corrected chi connectivity index (χ3v) is 2.68. The van der Waals surface area contributed by atoms with Gasteiger partial charge in [0.2, 0.25) is 0 Å². The first kappa shape index (κ1) is 16.2. The Labute approximate surface area is 119 Å². The number of nitrogens with one attached hydrogen (secondary N) is 1. The van der Waals surface area contributed by atoms with Crippen LogP contribution in [0.25, 0.3) is 0 Å². The van der Waals surface area contributed by atoms with Gasteiger partial charge in [0, 0.05) is 12.6 Å². The van der Waals surface area contributed by atoms with Crippen molar-refractivity contribution in [2.75, 3.05) is 13.2 Å². The lowest BCUT2D eigenvalue weighted by Gasteiger charge is -2.10. The smallest absolute Gasteiger partial charge is 0.310 e. The molecule has 5 nitrogen and oxygen atoms in total. The van der Waals surface area contributed by atoms with E-state index in [1.54, 1.807) is 18.2 Å². The van der Waals surface area contributed by atoms with Crippen molar-refractivity contribution in [1.82, 2.24) is 5.32 Å². The van der Waals surface area contributed by atoms with Crippen molar-refractivity contribution in [3.63, 3.8) is 0 Å². The summed E-state index contributed by atoms with van der Waals surface area (Å²) in [4.78, 5) is 10.5. The maximum Gasteiger partial charge on any atom is 0.310 e. The highest BCUT2D eigenvalue weighted by atomic mass is 16.6. The van der Waals surface area contributed by atoms with Crippen molar-refractivity contribution >= 4 is 5.69 Å². The maximum absolute atomic E-state index is 11.0. The third-order valence-electron chi connectivity index (χ3n) is 2.68. The molecule has 0 saturated heterocycles. The summed E-state index contributed by atoms with van der Waals surface area (Å²) in [5.74, 6) is 0.886. The number of nitro groups is 1. The standard InChI is InChI=1S/C15H22N2O3/c1-4-5-8-20-15-9-13(11-16-10-12(2)3)6-7-14(15)17(18)19/h4,6-7,9,12,16H,1,5,8,10-11H2,2-3H3. The largest absolute Gasteiger partial charge is 0.486 e. The predicted octanol–water partition coefficient (Wildman–Crippen LogP) is 3.30. The first-order valence-corrected chi connectivity index (χ1v) is 6.76. The van der Waals surface area contributed by atoms with Crippen molar-refractivity contribution in [2.45, 2.75) is 26.8 Å². The van der Waals surface area contributed by atoms with Gasteiger partial charge in [-0.05, 0) is 30.5 Å². The summed E-state index contributed by atoms with van der Waals surface area (Å²) in [6, 6.07) is 4.98. The van der Waals surface area contributed by atoms with Gasteiger partial charge in [0.1, 0.15) is 0 Å². The van der Waals surface area contributed by atoms with Crippen LogP contribution in [0.4, 0.5) is 5.69 Å². The van der Waals surface area contributed by atoms with Gasteiger partial charge in [-0.3, -0.25) is 10.1 Å². The van der Waals surface area contributed by atoms with Crippen molar-refractivity contribution in [2.24, 2.45) is 5.92 Å². The highest BCUT2D eigenvalue weighted by Gasteiger charge is 2.15. The van der Waals surface area contributed by atoms with Gasteiger partial charge < -0.3 is 10.1 Å². The monoisotopic (exact) mass is 278 g/mol. The van der Waals surface area contributed by atoms with Crippen LogP contribution in [-0.4, -0.2) is 18.1 Å². The van der Waals surface area contributed by atoms with Crippen LogP contribution in [0.1, 0.15) is 25.8 Å². The summed E-state index contributed by atoms with van der Waals surface area (Å²) >= 11 is 0. The molecule has 5 heteroatoms. The van der Waals surface area contributed by atoms with Crippen LogP contribution >= 0.6 is 0 Å². The predicted molar refractivity (Wildman–Crippen MR) is 80.0 cm³/mol. The molecule has 0 unspecified atom stereocenters. The van der Waals surface area contributed by atoms with Crippen LogP contribution in [0.2, 0.25) is 0 Å². The minimum absolute atomic E-state index is 0.00155. The highest BCUT2D eigenvalue weighted by Crippen LogP contribution is 2.28. The van der Waals surface area contributed by atoms with Gasteiger partial charge in [-0.2, -0.15) is 0 Å². The second kappa shape index (κ2) is 8.32. The molecular formula is C15H22N2O3. The summed E-state index contributed by atoms with van der Waals surface area (Å²) in [5.41, 5.74) is 0.978. The molecule has 0 atom stereocenters. The Kier molecular flexibility index (Phi) is 6.73. The van der Waals surface area contributed by atoms with Gasteiger partial charge in [0.15, 0.2) is 5.75 Å². The Morgan fingerprint density at radius 2 is 2.25 bits per heavy atom. The molecule has 0 radical (unpaired) electrons. The zero-order valence-electron chi connectivity index (χ0n) is 12.1. The van der Waals surface area contributed by atoms with Crippen LogP contribution < -0.4 is 10.1 Å². The van der Waals surface area contributed by atoms with E-state index in [4.69, 9.17) is 4.74 Å². The molecule has 0 aliphatic carbocycles. The Morgan fingerprint density at radius 3 is 2.85 bits per heavy atom. The summed E-state index contributed by atoms with van der Waals surface area (Å²) in [5, 5.41) is 14.3. The zero-order chi connectivity index (χ0) is 15.0. The van der Waals surface area contributed by atoms with Crippen molar-refractivity contribution < 1.29 is 9.66 Å². The molecule has 0 saturated carbocycles. The molecule has 1 rings (SSSR count). The van der Waals surface area contributed by atoms with E-state index < -0.39 is 4.92 Å². The number of benzene rings is 1. The molecule has 20 heavy (non-hydrogen) atoms. The number of hydrogen-bond donors (Lipinski definition) is 1. The second-order valence-corrected chi connectivity index (χ2v) is 5.01. The molecule has 0 aliphatic heterocycles. The second-order valence-electron chi connectivity index (χ2n) is 5.01. The van der Waals surface area contributed by atoms with E-state index in [1.165, 1.54) is 6.07 Å². The van der Waals surface area contributed by atoms with E-state index in [0.29, 0.717) is 31.2 Å². The molecule has 0 aliphatic rings. The molecule has 0 aromatic heterocycles. The number of ether oxygens (including phenoxy) is 1. The topological polar surface area (TPSA) is 64.4 Å². The Morgan fingerprint density at radius 1 is 1.50 bits per heavy atom. The fourth-order valence-corrected chi connectivity index (χ4v) is 1.69. The molecule has 0 fully saturated rings. The lowest BCUT2D eigenvalue weighted by molar-refractivity contribution is -0.385. The van der Waals surface area contributed by atoms with E-state index in [9.17, 15) is 10.1 Å². The van der Waals surface area contributed by atoms with Crippen LogP contribution in [0, 0.1) is 16.0 Å². The number of nitrogens with zero attached hydrogens (tertiary/aromatic N) is 1. The Balaban J connectivity index is 2.75. The Bertz CT molecular complexity index is 458. The summed E-state index contributed by atoms with van der Waals surface area (Å²) in [7, 11) is 0. The van der Waals surface area contributed by atoms with E-state index in [2.05, 4.69) is 25.7 Å². The normalized spacial score (nSPS) is 10.6. The van der Waals surface area contributed by atoms with Gasteiger partial charge >= 0.3 is 5.69 Å². The van der Waals surface area contributed by atoms with Crippen LogP contribution in [-0.2, 0) is 6.54 Å². The molecule has 0 amide bonds. The number of rotatable bonds is 9. The third kappa shape index (κ3) is 5.40. The molecular weight excluding hydrogens is 256 g/mol. The zero-order valence-corrected chi connectivity index (χ0v) is 12.1. The van der Waals surface area contributed by atoms with E-state index in [1.807, 2.05) is 0 Å². The lowest BCUT2D eigenvalue weighted by Crippen LogP contribution is -2.19. The average Bonchev–Trinajstić information content (AvgIpc) is 2.38. The number of nitro benzene ring substituents is 1. The molecule has 0 bridgehead atoms. The highest BCUT2D eigenvalue weighted by molar-refractivity contribution is 5.48. The molecule has 0 spiro atoms. The van der Waals surface area contributed by atoms with Gasteiger partial charge in [-0.1, -0.05) is 26.0 Å². The van der Waals surface area contributed by atoms with Crippen molar-refractivity contribution in [1.29, 1.82) is 0 Å². The van der Waals surface area contributed by atoms with E-state index >= 15 is 0 Å². The van der Waals surface area contributed by atoms with Gasteiger partial charge in [0.05, 0.1) is 11.5 Å². The molecule has 0 heterocycles. The van der Waals surface area contributed by atoms with E-state index in [0.717, 1.165) is 12.1 Å². The average molecular weight is 278 g/mol. The fourth-order valence-electron chi connectivity index (χ4n) is 1.69. The minimum atomic E-state index is -0.422. The first-order chi connectivity index (χ1) is 9.54. The molecule has 1 N–H and O–H groups in total. The van der Waals surface area contributed by atoms with Crippen molar-refractivity contribution in [3.05, 3.63) is 46.5 Å².